The van der Waals surface area contributed by atoms with Gasteiger partial charge in [-0.25, -0.2) is 0 Å². The number of nitrogens with one attached hydrogen (secondary N) is 1. The number of carbonyl (C=O) groups excluding carboxylic acids is 1. The standard InChI is InChI=1S/C15H21NO3/c1-11-5-2-3-7-13(11)14(17)9-16-15(18)12-6-4-8-19-10-12/h2-3,5,7,12,14,17H,4,6,8-10H2,1H3,(H,16,18). The molecule has 1 aliphatic heterocycles. The third-order valence-electron chi connectivity index (χ3n) is 3.55. The molecule has 1 saturated heterocycles. The molecule has 1 fully saturated rings. The highest BCUT2D eigenvalue weighted by atomic mass is 16.5. The molecule has 19 heavy (non-hydrogen) atoms. The Labute approximate surface area is 113 Å². The number of amides is 1. The van der Waals surface area contributed by atoms with Crippen LogP contribution in [0.5, 0.6) is 0 Å². The van der Waals surface area contributed by atoms with Gasteiger partial charge in [-0.2, -0.15) is 0 Å². The Morgan fingerprint density at radius 2 is 2.32 bits per heavy atom. The van der Waals surface area contributed by atoms with Crippen molar-refractivity contribution in [2.45, 2.75) is 25.9 Å². The second-order valence-electron chi connectivity index (χ2n) is 5.03. The van der Waals surface area contributed by atoms with Crippen LogP contribution >= 0.6 is 0 Å². The summed E-state index contributed by atoms with van der Waals surface area (Å²) in [7, 11) is 0. The summed E-state index contributed by atoms with van der Waals surface area (Å²) in [4.78, 5) is 11.9. The van der Waals surface area contributed by atoms with E-state index in [2.05, 4.69) is 5.32 Å². The van der Waals surface area contributed by atoms with Gasteiger partial charge in [0.05, 0.1) is 18.6 Å². The largest absolute Gasteiger partial charge is 0.387 e. The quantitative estimate of drug-likeness (QED) is 0.867. The molecule has 0 aliphatic carbocycles. The van der Waals surface area contributed by atoms with E-state index in [1.165, 1.54) is 0 Å². The maximum atomic E-state index is 11.9. The van der Waals surface area contributed by atoms with Gasteiger partial charge in [-0.05, 0) is 30.9 Å². The van der Waals surface area contributed by atoms with Gasteiger partial charge in [0.2, 0.25) is 5.91 Å². The predicted octanol–water partition coefficient (Wildman–Crippen LogP) is 1.57. The number of aryl methyl sites for hydroxylation is 1. The molecule has 2 N–H and O–H groups in total. The van der Waals surface area contributed by atoms with E-state index in [1.54, 1.807) is 0 Å². The summed E-state index contributed by atoms with van der Waals surface area (Å²) in [6.07, 6.45) is 1.14. The molecule has 2 atom stereocenters. The first kappa shape index (κ1) is 14.0. The molecule has 1 aliphatic rings. The van der Waals surface area contributed by atoms with Gasteiger partial charge in [0.15, 0.2) is 0 Å². The number of ether oxygens (including phenoxy) is 1. The van der Waals surface area contributed by atoms with E-state index in [1.807, 2.05) is 31.2 Å². The lowest BCUT2D eigenvalue weighted by molar-refractivity contribution is -0.129. The van der Waals surface area contributed by atoms with Crippen LogP contribution in [-0.4, -0.2) is 30.8 Å². The molecule has 1 amide bonds. The lowest BCUT2D eigenvalue weighted by Crippen LogP contribution is -2.37. The highest BCUT2D eigenvalue weighted by Crippen LogP contribution is 2.17. The van der Waals surface area contributed by atoms with Gasteiger partial charge in [0, 0.05) is 13.2 Å². The van der Waals surface area contributed by atoms with Gasteiger partial charge in [-0.3, -0.25) is 4.79 Å². The predicted molar refractivity (Wildman–Crippen MR) is 72.7 cm³/mol. The maximum Gasteiger partial charge on any atom is 0.225 e. The lowest BCUT2D eigenvalue weighted by atomic mass is 10.0. The van der Waals surface area contributed by atoms with Crippen molar-refractivity contribution in [2.24, 2.45) is 5.92 Å². The number of hydrogen-bond acceptors (Lipinski definition) is 3. The van der Waals surface area contributed by atoms with E-state index in [4.69, 9.17) is 4.74 Å². The zero-order chi connectivity index (χ0) is 13.7. The van der Waals surface area contributed by atoms with Crippen LogP contribution in [0.1, 0.15) is 30.1 Å². The fraction of sp³-hybridized carbons (Fsp3) is 0.533. The molecule has 4 nitrogen and oxygen atoms in total. The van der Waals surface area contributed by atoms with Gasteiger partial charge in [-0.15, -0.1) is 0 Å². The Hall–Kier alpha value is -1.39. The van der Waals surface area contributed by atoms with Crippen LogP contribution in [0.2, 0.25) is 0 Å². The van der Waals surface area contributed by atoms with E-state index >= 15 is 0 Å². The normalized spacial score (nSPS) is 20.8. The summed E-state index contributed by atoms with van der Waals surface area (Å²) in [5, 5.41) is 12.9. The third-order valence-corrected chi connectivity index (χ3v) is 3.55. The van der Waals surface area contributed by atoms with Crippen molar-refractivity contribution < 1.29 is 14.6 Å². The monoisotopic (exact) mass is 263 g/mol. The molecule has 0 aromatic heterocycles. The van der Waals surface area contributed by atoms with Crippen LogP contribution in [0.4, 0.5) is 0 Å². The minimum Gasteiger partial charge on any atom is -0.387 e. The first-order valence-corrected chi connectivity index (χ1v) is 6.77. The molecule has 104 valence electrons. The van der Waals surface area contributed by atoms with Crippen molar-refractivity contribution in [2.75, 3.05) is 19.8 Å². The topological polar surface area (TPSA) is 58.6 Å². The lowest BCUT2D eigenvalue weighted by Gasteiger charge is -2.22. The minimum absolute atomic E-state index is 0.0210. The van der Waals surface area contributed by atoms with Gasteiger partial charge in [0.25, 0.3) is 0 Å². The average Bonchev–Trinajstić information content (AvgIpc) is 2.46. The van der Waals surface area contributed by atoms with E-state index in [-0.39, 0.29) is 18.4 Å². The fourth-order valence-electron chi connectivity index (χ4n) is 2.36. The summed E-state index contributed by atoms with van der Waals surface area (Å²) in [5.41, 5.74) is 1.90. The van der Waals surface area contributed by atoms with Crippen LogP contribution in [-0.2, 0) is 9.53 Å². The van der Waals surface area contributed by atoms with Crippen molar-refractivity contribution in [3.8, 4) is 0 Å². The molecule has 0 saturated carbocycles. The van der Waals surface area contributed by atoms with Crippen molar-refractivity contribution in [3.63, 3.8) is 0 Å². The Morgan fingerprint density at radius 3 is 3.00 bits per heavy atom. The molecule has 1 aromatic rings. The van der Waals surface area contributed by atoms with Crippen LogP contribution in [0.15, 0.2) is 24.3 Å². The zero-order valence-corrected chi connectivity index (χ0v) is 11.3. The smallest absolute Gasteiger partial charge is 0.225 e. The van der Waals surface area contributed by atoms with E-state index in [0.29, 0.717) is 6.61 Å². The Morgan fingerprint density at radius 1 is 1.53 bits per heavy atom. The summed E-state index contributed by atoms with van der Waals surface area (Å²) in [6, 6.07) is 7.66. The SMILES string of the molecule is Cc1ccccc1C(O)CNC(=O)C1CCCOC1. The number of carbonyl (C=O) groups is 1. The molecular formula is C15H21NO3. The second-order valence-corrected chi connectivity index (χ2v) is 5.03. The highest BCUT2D eigenvalue weighted by molar-refractivity contribution is 5.78. The van der Waals surface area contributed by atoms with Crippen molar-refractivity contribution in [1.82, 2.24) is 5.32 Å². The van der Waals surface area contributed by atoms with Crippen LogP contribution in [0.3, 0.4) is 0 Å². The van der Waals surface area contributed by atoms with Crippen LogP contribution in [0.25, 0.3) is 0 Å². The van der Waals surface area contributed by atoms with Crippen LogP contribution < -0.4 is 5.32 Å². The Balaban J connectivity index is 1.84. The third kappa shape index (κ3) is 3.78. The number of aliphatic hydroxyl groups is 1. The van der Waals surface area contributed by atoms with E-state index in [0.717, 1.165) is 30.6 Å². The van der Waals surface area contributed by atoms with Gasteiger partial charge in [0.1, 0.15) is 0 Å². The number of aliphatic hydroxyl groups excluding tert-OH is 1. The van der Waals surface area contributed by atoms with Gasteiger partial charge in [-0.1, -0.05) is 24.3 Å². The molecule has 0 spiro atoms. The zero-order valence-electron chi connectivity index (χ0n) is 11.3. The number of hydrogen-bond donors (Lipinski definition) is 2. The van der Waals surface area contributed by atoms with E-state index < -0.39 is 6.10 Å². The molecule has 0 bridgehead atoms. The molecule has 4 heteroatoms. The highest BCUT2D eigenvalue weighted by Gasteiger charge is 2.22. The maximum absolute atomic E-state index is 11.9. The van der Waals surface area contributed by atoms with Crippen molar-refractivity contribution in [1.29, 1.82) is 0 Å². The second kappa shape index (κ2) is 6.68. The summed E-state index contributed by atoms with van der Waals surface area (Å²) in [6.45, 7) is 3.44. The summed E-state index contributed by atoms with van der Waals surface area (Å²) >= 11 is 0. The van der Waals surface area contributed by atoms with E-state index in [9.17, 15) is 9.90 Å². The molecule has 0 radical (unpaired) electrons. The van der Waals surface area contributed by atoms with Crippen molar-refractivity contribution in [3.05, 3.63) is 35.4 Å². The molecule has 2 rings (SSSR count). The summed E-state index contributed by atoms with van der Waals surface area (Å²) in [5.74, 6) is -0.0924. The molecule has 2 unspecified atom stereocenters. The van der Waals surface area contributed by atoms with Crippen LogP contribution in [0, 0.1) is 12.8 Å². The first-order chi connectivity index (χ1) is 9.18. The Bertz CT molecular complexity index is 427. The molecular weight excluding hydrogens is 242 g/mol. The number of benzene rings is 1. The summed E-state index contributed by atoms with van der Waals surface area (Å²) < 4.78 is 5.29. The Kier molecular flexibility index (Phi) is 4.93. The minimum atomic E-state index is -0.658. The number of rotatable bonds is 4. The average molecular weight is 263 g/mol. The van der Waals surface area contributed by atoms with Crippen molar-refractivity contribution >= 4 is 5.91 Å². The van der Waals surface area contributed by atoms with Gasteiger partial charge < -0.3 is 15.2 Å². The molecule has 1 heterocycles. The first-order valence-electron chi connectivity index (χ1n) is 6.77. The van der Waals surface area contributed by atoms with Gasteiger partial charge >= 0.3 is 0 Å². The molecule has 1 aromatic carbocycles. The fourth-order valence-corrected chi connectivity index (χ4v) is 2.36.